The van der Waals surface area contributed by atoms with E-state index in [0.29, 0.717) is 11.4 Å². The number of nitro benzene ring substituents is 1. The van der Waals surface area contributed by atoms with Crippen LogP contribution in [0.1, 0.15) is 11.6 Å². The predicted octanol–water partition coefficient (Wildman–Crippen LogP) is 4.68. The minimum absolute atomic E-state index is 0.00824. The number of rotatable bonds is 5. The first-order valence-corrected chi connectivity index (χ1v) is 8.80. The van der Waals surface area contributed by atoms with Crippen molar-refractivity contribution < 1.29 is 9.72 Å². The first kappa shape index (κ1) is 17.5. The zero-order valence-corrected chi connectivity index (χ0v) is 14.9. The van der Waals surface area contributed by atoms with Crippen LogP contribution < -0.4 is 10.2 Å². The average Bonchev–Trinajstić information content (AvgIpc) is 3.05. The highest BCUT2D eigenvalue weighted by molar-refractivity contribution is 6.06. The van der Waals surface area contributed by atoms with Crippen molar-refractivity contribution in [3.63, 3.8) is 0 Å². The first-order valence-electron chi connectivity index (χ1n) is 8.80. The zero-order chi connectivity index (χ0) is 19.5. The fourth-order valence-electron chi connectivity index (χ4n) is 3.35. The van der Waals surface area contributed by atoms with Crippen LogP contribution >= 0.6 is 0 Å². The van der Waals surface area contributed by atoms with Crippen molar-refractivity contribution in [2.75, 3.05) is 10.2 Å². The fraction of sp³-hybridized carbons (Fsp3) is 0.0455. The summed E-state index contributed by atoms with van der Waals surface area (Å²) in [6.45, 7) is 0. The Morgan fingerprint density at radius 1 is 0.893 bits per heavy atom. The third-order valence-electron chi connectivity index (χ3n) is 4.56. The van der Waals surface area contributed by atoms with Gasteiger partial charge < -0.3 is 5.32 Å². The number of amides is 1. The molecule has 1 amide bonds. The predicted molar refractivity (Wildman–Crippen MR) is 108 cm³/mol. The molecule has 3 aromatic rings. The Morgan fingerprint density at radius 2 is 1.57 bits per heavy atom. The lowest BCUT2D eigenvalue weighted by Crippen LogP contribution is -2.30. The van der Waals surface area contributed by atoms with E-state index in [1.54, 1.807) is 23.1 Å². The molecule has 1 atom stereocenters. The van der Waals surface area contributed by atoms with Gasteiger partial charge in [0.1, 0.15) is 6.04 Å². The largest absolute Gasteiger partial charge is 0.357 e. The molecule has 138 valence electrons. The summed E-state index contributed by atoms with van der Waals surface area (Å²) >= 11 is 0. The molecule has 6 heteroatoms. The number of carbonyl (C=O) groups is 1. The van der Waals surface area contributed by atoms with Gasteiger partial charge in [0, 0.05) is 35.3 Å². The van der Waals surface area contributed by atoms with E-state index in [0.717, 1.165) is 11.3 Å². The lowest BCUT2D eigenvalue weighted by atomic mass is 10.0. The summed E-state index contributed by atoms with van der Waals surface area (Å²) in [5, 5.41) is 14.3. The van der Waals surface area contributed by atoms with Crippen LogP contribution in [0.25, 0.3) is 0 Å². The molecule has 4 rings (SSSR count). The number of anilines is 2. The van der Waals surface area contributed by atoms with E-state index < -0.39 is 4.92 Å². The maximum Gasteiger partial charge on any atom is 0.271 e. The highest BCUT2D eigenvalue weighted by Gasteiger charge is 2.35. The second-order valence-corrected chi connectivity index (χ2v) is 6.39. The van der Waals surface area contributed by atoms with Gasteiger partial charge in [-0.3, -0.25) is 19.8 Å². The van der Waals surface area contributed by atoms with Gasteiger partial charge in [0.2, 0.25) is 0 Å². The number of carbonyl (C=O) groups excluding carboxylic acids is 1. The number of nitro groups is 1. The molecule has 0 saturated carbocycles. The van der Waals surface area contributed by atoms with E-state index in [1.807, 2.05) is 60.7 Å². The second kappa shape index (κ2) is 7.36. The molecule has 1 unspecified atom stereocenters. The molecule has 1 aliphatic heterocycles. The van der Waals surface area contributed by atoms with E-state index in [4.69, 9.17) is 0 Å². The van der Waals surface area contributed by atoms with Crippen LogP contribution in [0, 0.1) is 10.1 Å². The monoisotopic (exact) mass is 371 g/mol. The van der Waals surface area contributed by atoms with E-state index in [1.165, 1.54) is 12.1 Å². The van der Waals surface area contributed by atoms with Crippen LogP contribution in [0.4, 0.5) is 17.1 Å². The summed E-state index contributed by atoms with van der Waals surface area (Å²) < 4.78 is 0. The van der Waals surface area contributed by atoms with Crippen LogP contribution in [0.2, 0.25) is 0 Å². The van der Waals surface area contributed by atoms with Gasteiger partial charge in [-0.15, -0.1) is 0 Å². The Labute approximate surface area is 161 Å². The Hall–Kier alpha value is -3.93. The van der Waals surface area contributed by atoms with Gasteiger partial charge in [-0.05, 0) is 23.8 Å². The number of hydrogen-bond donors (Lipinski definition) is 1. The number of nitrogens with zero attached hydrogens (tertiary/aromatic N) is 2. The average molecular weight is 371 g/mol. The van der Waals surface area contributed by atoms with Gasteiger partial charge in [-0.1, -0.05) is 54.6 Å². The molecular weight excluding hydrogens is 354 g/mol. The molecule has 0 aromatic heterocycles. The summed E-state index contributed by atoms with van der Waals surface area (Å²) in [5.74, 6) is -0.145. The maximum absolute atomic E-state index is 12.8. The number of hydrogen-bond acceptors (Lipinski definition) is 4. The molecular formula is C22H17N3O3. The zero-order valence-electron chi connectivity index (χ0n) is 14.9. The van der Waals surface area contributed by atoms with Crippen LogP contribution in [0.3, 0.4) is 0 Å². The summed E-state index contributed by atoms with van der Waals surface area (Å²) in [6, 6.07) is 25.0. The SMILES string of the molecule is O=C1C=C(Nc2cccc([N+](=O)[O-])c2)C(c2ccccc2)N1c1ccccc1. The quantitative estimate of drug-likeness (QED) is 0.522. The van der Waals surface area contributed by atoms with Crippen LogP contribution in [0.5, 0.6) is 0 Å². The van der Waals surface area contributed by atoms with Crippen molar-refractivity contribution in [3.05, 3.63) is 112 Å². The van der Waals surface area contributed by atoms with E-state index in [2.05, 4.69) is 5.32 Å². The number of non-ortho nitro benzene ring substituents is 1. The molecule has 0 fully saturated rings. The molecule has 0 saturated heterocycles. The van der Waals surface area contributed by atoms with Crippen molar-refractivity contribution in [1.82, 2.24) is 0 Å². The minimum Gasteiger partial charge on any atom is -0.357 e. The molecule has 3 aromatic carbocycles. The summed E-state index contributed by atoms with van der Waals surface area (Å²) in [6.07, 6.45) is 1.55. The van der Waals surface area contributed by atoms with Crippen LogP contribution in [0.15, 0.2) is 96.7 Å². The fourth-order valence-corrected chi connectivity index (χ4v) is 3.35. The molecule has 1 aliphatic rings. The third-order valence-corrected chi connectivity index (χ3v) is 4.56. The van der Waals surface area contributed by atoms with Gasteiger partial charge in [-0.2, -0.15) is 0 Å². The minimum atomic E-state index is -0.440. The topological polar surface area (TPSA) is 75.5 Å². The summed E-state index contributed by atoms with van der Waals surface area (Å²) in [7, 11) is 0. The third kappa shape index (κ3) is 3.35. The Bertz CT molecular complexity index is 1050. The van der Waals surface area contributed by atoms with Gasteiger partial charge >= 0.3 is 0 Å². The number of nitrogens with one attached hydrogen (secondary N) is 1. The van der Waals surface area contributed by atoms with Gasteiger partial charge in [0.05, 0.1) is 4.92 Å². The highest BCUT2D eigenvalue weighted by Crippen LogP contribution is 2.38. The lowest BCUT2D eigenvalue weighted by Gasteiger charge is -2.28. The van der Waals surface area contributed by atoms with Crippen LogP contribution in [-0.4, -0.2) is 10.8 Å². The van der Waals surface area contributed by atoms with Crippen molar-refractivity contribution >= 4 is 23.0 Å². The molecule has 0 radical (unpaired) electrons. The Balaban J connectivity index is 1.73. The molecule has 1 N–H and O–H groups in total. The smallest absolute Gasteiger partial charge is 0.271 e. The Morgan fingerprint density at radius 3 is 2.25 bits per heavy atom. The number of benzene rings is 3. The maximum atomic E-state index is 12.8. The lowest BCUT2D eigenvalue weighted by molar-refractivity contribution is -0.384. The Kier molecular flexibility index (Phi) is 4.60. The van der Waals surface area contributed by atoms with Crippen molar-refractivity contribution in [2.45, 2.75) is 6.04 Å². The van der Waals surface area contributed by atoms with E-state index in [-0.39, 0.29) is 17.6 Å². The van der Waals surface area contributed by atoms with E-state index in [9.17, 15) is 14.9 Å². The van der Waals surface area contributed by atoms with Crippen molar-refractivity contribution in [2.24, 2.45) is 0 Å². The van der Waals surface area contributed by atoms with Crippen molar-refractivity contribution in [3.8, 4) is 0 Å². The van der Waals surface area contributed by atoms with E-state index >= 15 is 0 Å². The summed E-state index contributed by atoms with van der Waals surface area (Å²) in [5.41, 5.74) is 2.95. The first-order chi connectivity index (χ1) is 13.6. The molecule has 1 heterocycles. The normalized spacial score (nSPS) is 16.0. The van der Waals surface area contributed by atoms with Gasteiger partial charge in [-0.25, -0.2) is 0 Å². The molecule has 28 heavy (non-hydrogen) atoms. The molecule has 0 aliphatic carbocycles. The standard InChI is InChI=1S/C22H17N3O3/c26-21-15-20(23-17-10-7-13-19(14-17)25(27)28)22(16-8-3-1-4-9-16)24(21)18-11-5-2-6-12-18/h1-15,22-23H. The second-order valence-electron chi connectivity index (χ2n) is 6.39. The van der Waals surface area contributed by atoms with Gasteiger partial charge in [0.15, 0.2) is 0 Å². The number of para-hydroxylation sites is 1. The van der Waals surface area contributed by atoms with Crippen LogP contribution in [-0.2, 0) is 4.79 Å². The highest BCUT2D eigenvalue weighted by atomic mass is 16.6. The van der Waals surface area contributed by atoms with Crippen molar-refractivity contribution in [1.29, 1.82) is 0 Å². The molecule has 6 nitrogen and oxygen atoms in total. The summed E-state index contributed by atoms with van der Waals surface area (Å²) in [4.78, 5) is 25.2. The molecule has 0 spiro atoms. The molecule has 0 bridgehead atoms. The van der Waals surface area contributed by atoms with Gasteiger partial charge in [0.25, 0.3) is 11.6 Å².